The van der Waals surface area contributed by atoms with E-state index in [9.17, 15) is 9.90 Å². The van der Waals surface area contributed by atoms with E-state index >= 15 is 0 Å². The number of rotatable bonds is 6. The largest absolute Gasteiger partial charge is 0.395 e. The lowest BCUT2D eigenvalue weighted by Gasteiger charge is -2.27. The number of nitrogens with one attached hydrogen (secondary N) is 2. The molecule has 3 N–H and O–H groups in total. The molecule has 0 aliphatic heterocycles. The van der Waals surface area contributed by atoms with E-state index in [2.05, 4.69) is 16.4 Å². The SMILES string of the molecule is Cc1ccc2cc(CN(CCO)C(=S)N[C@@H](C)c3ccccc3)c(=O)[nH]c2c1C. The molecule has 3 rings (SSSR count). The van der Waals surface area contributed by atoms with Crippen molar-refractivity contribution < 1.29 is 5.11 Å². The molecule has 0 saturated carbocycles. The fourth-order valence-electron chi connectivity index (χ4n) is 3.37. The Morgan fingerprint density at radius 3 is 2.62 bits per heavy atom. The molecule has 2 aromatic carbocycles. The summed E-state index contributed by atoms with van der Waals surface area (Å²) in [5.41, 5.74) is 4.69. The van der Waals surface area contributed by atoms with Gasteiger partial charge in [-0.05, 0) is 61.1 Å². The van der Waals surface area contributed by atoms with Crippen LogP contribution in [0.5, 0.6) is 0 Å². The van der Waals surface area contributed by atoms with Crippen LogP contribution in [0.2, 0.25) is 0 Å². The van der Waals surface area contributed by atoms with Gasteiger partial charge in [0.1, 0.15) is 0 Å². The monoisotopic (exact) mass is 409 g/mol. The van der Waals surface area contributed by atoms with Crippen LogP contribution < -0.4 is 10.9 Å². The van der Waals surface area contributed by atoms with Crippen LogP contribution >= 0.6 is 12.2 Å². The maximum Gasteiger partial charge on any atom is 0.253 e. The van der Waals surface area contributed by atoms with Crippen molar-refractivity contribution in [2.45, 2.75) is 33.4 Å². The molecule has 0 saturated heterocycles. The third-order valence-electron chi connectivity index (χ3n) is 5.29. The number of hydrogen-bond acceptors (Lipinski definition) is 3. The number of aromatic nitrogens is 1. The number of fused-ring (bicyclic) bond motifs is 1. The van der Waals surface area contributed by atoms with Crippen molar-refractivity contribution >= 4 is 28.2 Å². The summed E-state index contributed by atoms with van der Waals surface area (Å²) in [4.78, 5) is 17.5. The van der Waals surface area contributed by atoms with E-state index in [4.69, 9.17) is 12.2 Å². The third-order valence-corrected chi connectivity index (χ3v) is 5.66. The van der Waals surface area contributed by atoms with Crippen molar-refractivity contribution in [3.8, 4) is 0 Å². The fourth-order valence-corrected chi connectivity index (χ4v) is 3.70. The molecule has 0 aliphatic carbocycles. The van der Waals surface area contributed by atoms with Gasteiger partial charge in [-0.3, -0.25) is 4.79 Å². The molecular formula is C23H27N3O2S. The average Bonchev–Trinajstić information content (AvgIpc) is 2.72. The average molecular weight is 410 g/mol. The van der Waals surface area contributed by atoms with Crippen molar-refractivity contribution in [2.75, 3.05) is 13.2 Å². The third kappa shape index (κ3) is 4.83. The normalized spacial score (nSPS) is 12.0. The molecule has 0 amide bonds. The first kappa shape index (κ1) is 21.0. The van der Waals surface area contributed by atoms with Gasteiger partial charge in [0.25, 0.3) is 5.56 Å². The van der Waals surface area contributed by atoms with Gasteiger partial charge < -0.3 is 20.3 Å². The number of pyridine rings is 1. The summed E-state index contributed by atoms with van der Waals surface area (Å²) in [5.74, 6) is 0. The quantitative estimate of drug-likeness (QED) is 0.543. The van der Waals surface area contributed by atoms with Gasteiger partial charge in [-0.1, -0.05) is 42.5 Å². The lowest BCUT2D eigenvalue weighted by Crippen LogP contribution is -2.42. The van der Waals surface area contributed by atoms with Gasteiger partial charge in [0, 0.05) is 12.1 Å². The van der Waals surface area contributed by atoms with Crippen LogP contribution in [0.15, 0.2) is 53.3 Å². The standard InChI is InChI=1S/C23H27N3O2S/c1-15-9-10-19-13-20(22(28)25-21(19)16(15)2)14-26(11-12-27)23(29)24-17(3)18-7-5-4-6-8-18/h4-10,13,17,27H,11-12,14H2,1-3H3,(H,24,29)(H,25,28)/t17-/m0/s1. The molecule has 0 unspecified atom stereocenters. The Labute approximate surface area is 176 Å². The molecule has 0 radical (unpaired) electrons. The number of aromatic amines is 1. The number of hydrogen-bond donors (Lipinski definition) is 3. The Kier molecular flexibility index (Phi) is 6.67. The lowest BCUT2D eigenvalue weighted by atomic mass is 10.0. The summed E-state index contributed by atoms with van der Waals surface area (Å²) in [6, 6.07) is 16.0. The van der Waals surface area contributed by atoms with E-state index in [1.807, 2.05) is 68.1 Å². The predicted molar refractivity (Wildman–Crippen MR) is 122 cm³/mol. The van der Waals surface area contributed by atoms with Crippen molar-refractivity contribution in [3.05, 3.63) is 81.1 Å². The number of benzene rings is 2. The van der Waals surface area contributed by atoms with Crippen molar-refractivity contribution in [1.82, 2.24) is 15.2 Å². The minimum absolute atomic E-state index is 0.0189. The Hall–Kier alpha value is -2.70. The maximum absolute atomic E-state index is 12.7. The van der Waals surface area contributed by atoms with Crippen LogP contribution in [0.4, 0.5) is 0 Å². The molecule has 152 valence electrons. The lowest BCUT2D eigenvalue weighted by molar-refractivity contribution is 0.244. The molecule has 1 heterocycles. The molecule has 5 nitrogen and oxygen atoms in total. The zero-order valence-electron chi connectivity index (χ0n) is 17.0. The van der Waals surface area contributed by atoms with E-state index in [0.717, 1.165) is 27.6 Å². The van der Waals surface area contributed by atoms with E-state index in [1.54, 1.807) is 0 Å². The maximum atomic E-state index is 12.7. The first-order valence-corrected chi connectivity index (χ1v) is 10.1. The number of H-pyrrole nitrogens is 1. The Morgan fingerprint density at radius 1 is 1.21 bits per heavy atom. The smallest absolute Gasteiger partial charge is 0.253 e. The number of aryl methyl sites for hydroxylation is 2. The van der Waals surface area contributed by atoms with Crippen LogP contribution in [-0.4, -0.2) is 33.3 Å². The van der Waals surface area contributed by atoms with Crippen LogP contribution in [0.3, 0.4) is 0 Å². The highest BCUT2D eigenvalue weighted by Gasteiger charge is 2.16. The number of thiocarbonyl (C=S) groups is 1. The van der Waals surface area contributed by atoms with E-state index in [-0.39, 0.29) is 18.2 Å². The Balaban J connectivity index is 1.83. The van der Waals surface area contributed by atoms with Crippen LogP contribution in [0, 0.1) is 13.8 Å². The van der Waals surface area contributed by atoms with Gasteiger partial charge in [0.15, 0.2) is 5.11 Å². The molecule has 0 spiro atoms. The highest BCUT2D eigenvalue weighted by molar-refractivity contribution is 7.80. The second kappa shape index (κ2) is 9.20. The molecule has 0 bridgehead atoms. The Bertz CT molecular complexity index is 1060. The predicted octanol–water partition coefficient (Wildman–Crippen LogP) is 3.57. The van der Waals surface area contributed by atoms with E-state index in [1.165, 1.54) is 0 Å². The van der Waals surface area contributed by atoms with Gasteiger partial charge in [-0.2, -0.15) is 0 Å². The first-order valence-electron chi connectivity index (χ1n) is 9.74. The van der Waals surface area contributed by atoms with E-state index < -0.39 is 0 Å². The topological polar surface area (TPSA) is 68.4 Å². The molecular weight excluding hydrogens is 382 g/mol. The molecule has 6 heteroatoms. The summed E-state index contributed by atoms with van der Waals surface area (Å²) in [7, 11) is 0. The molecule has 3 aromatic rings. The van der Waals surface area contributed by atoms with Gasteiger partial charge in [-0.25, -0.2) is 0 Å². The van der Waals surface area contributed by atoms with Crippen LogP contribution in [0.1, 0.15) is 35.2 Å². The van der Waals surface area contributed by atoms with Crippen LogP contribution in [0.25, 0.3) is 10.9 Å². The summed E-state index contributed by atoms with van der Waals surface area (Å²) in [6.45, 7) is 6.69. The minimum atomic E-state index is -0.131. The molecule has 1 atom stereocenters. The van der Waals surface area contributed by atoms with Gasteiger partial charge >= 0.3 is 0 Å². The molecule has 1 aromatic heterocycles. The van der Waals surface area contributed by atoms with Crippen LogP contribution in [-0.2, 0) is 6.54 Å². The molecule has 29 heavy (non-hydrogen) atoms. The Morgan fingerprint density at radius 2 is 1.93 bits per heavy atom. The zero-order valence-corrected chi connectivity index (χ0v) is 17.8. The van der Waals surface area contributed by atoms with Crippen molar-refractivity contribution in [1.29, 1.82) is 0 Å². The second-order valence-corrected chi connectivity index (χ2v) is 7.71. The molecule has 0 aliphatic rings. The summed E-state index contributed by atoms with van der Waals surface area (Å²) in [6.07, 6.45) is 0. The number of aliphatic hydroxyl groups excluding tert-OH is 1. The first-order chi connectivity index (χ1) is 13.9. The summed E-state index contributed by atoms with van der Waals surface area (Å²) < 4.78 is 0. The fraction of sp³-hybridized carbons (Fsp3) is 0.304. The number of aliphatic hydroxyl groups is 1. The van der Waals surface area contributed by atoms with Gasteiger partial charge in [0.05, 0.1) is 24.7 Å². The van der Waals surface area contributed by atoms with Gasteiger partial charge in [0.2, 0.25) is 0 Å². The molecule has 0 fully saturated rings. The van der Waals surface area contributed by atoms with Crippen molar-refractivity contribution in [3.63, 3.8) is 0 Å². The minimum Gasteiger partial charge on any atom is -0.395 e. The zero-order chi connectivity index (χ0) is 21.0. The summed E-state index contributed by atoms with van der Waals surface area (Å²) >= 11 is 5.58. The highest BCUT2D eigenvalue weighted by atomic mass is 32.1. The highest BCUT2D eigenvalue weighted by Crippen LogP contribution is 2.19. The number of nitrogens with zero attached hydrogens (tertiary/aromatic N) is 1. The second-order valence-electron chi connectivity index (χ2n) is 7.32. The van der Waals surface area contributed by atoms with Crippen molar-refractivity contribution in [2.24, 2.45) is 0 Å². The summed E-state index contributed by atoms with van der Waals surface area (Å²) in [5, 5.41) is 14.3. The van der Waals surface area contributed by atoms with E-state index in [0.29, 0.717) is 23.8 Å². The van der Waals surface area contributed by atoms with Gasteiger partial charge in [-0.15, -0.1) is 0 Å².